The Morgan fingerprint density at radius 1 is 0.524 bits per heavy atom. The number of benzene rings is 5. The van der Waals surface area contributed by atoms with E-state index in [1.807, 2.05) is 0 Å². The zero-order chi connectivity index (χ0) is 46.1. The van der Waals surface area contributed by atoms with Gasteiger partial charge in [-0.05, 0) is 93.1 Å². The summed E-state index contributed by atoms with van der Waals surface area (Å²) in [7, 11) is 0. The molecular weight excluding hydrogens is 961 g/mol. The van der Waals surface area contributed by atoms with E-state index in [9.17, 15) is 28.8 Å². The molecule has 63 heavy (non-hydrogen) atoms. The van der Waals surface area contributed by atoms with Gasteiger partial charge in [0.05, 0.1) is 58.0 Å². The van der Waals surface area contributed by atoms with Gasteiger partial charge in [-0.1, -0.05) is 93.9 Å². The number of rotatable bonds is 15. The number of carbonyl (C=O) groups is 6. The van der Waals surface area contributed by atoms with Gasteiger partial charge in [0.2, 0.25) is 12.1 Å². The molecule has 5 aromatic carbocycles. The first-order valence-electron chi connectivity index (χ1n) is 18.2. The van der Waals surface area contributed by atoms with E-state index in [2.05, 4.69) is 41.7 Å². The minimum absolute atomic E-state index is 0.0156. The summed E-state index contributed by atoms with van der Waals surface area (Å²) >= 11 is 44.2. The van der Waals surface area contributed by atoms with Crippen LogP contribution in [0.25, 0.3) is 0 Å². The summed E-state index contributed by atoms with van der Waals surface area (Å²) in [6.07, 6.45) is 0. The monoisotopic (exact) mass is 988 g/mol. The fourth-order valence-corrected chi connectivity index (χ4v) is 7.18. The number of amides is 4. The molecule has 5 rings (SSSR count). The third-order valence-electron chi connectivity index (χ3n) is 8.68. The second kappa shape index (κ2) is 21.8. The van der Waals surface area contributed by atoms with Crippen molar-refractivity contribution in [1.29, 1.82) is 0 Å². The van der Waals surface area contributed by atoms with Crippen molar-refractivity contribution in [3.63, 3.8) is 0 Å². The molecule has 0 aliphatic carbocycles. The maximum Gasteiger partial charge on any atom is 0.258 e. The molecular formula is C42H31Cl7N8O6. The highest BCUT2D eigenvalue weighted by Crippen LogP contribution is 2.36. The van der Waals surface area contributed by atoms with Crippen LogP contribution in [0.5, 0.6) is 0 Å². The van der Waals surface area contributed by atoms with Crippen molar-refractivity contribution in [1.82, 2.24) is 0 Å². The van der Waals surface area contributed by atoms with E-state index in [0.717, 1.165) is 13.8 Å². The number of azo groups is 2. The summed E-state index contributed by atoms with van der Waals surface area (Å²) in [5.41, 5.74) is 0.896. The van der Waals surface area contributed by atoms with Gasteiger partial charge in [-0.3, -0.25) is 28.8 Å². The van der Waals surface area contributed by atoms with Crippen LogP contribution in [0.1, 0.15) is 52.4 Å². The Morgan fingerprint density at radius 3 is 1.32 bits per heavy atom. The Labute approximate surface area is 394 Å². The largest absolute Gasteiger partial charge is 0.324 e. The van der Waals surface area contributed by atoms with Crippen molar-refractivity contribution in [2.24, 2.45) is 20.5 Å². The SMILES string of the molecule is CC(=O)C(N=Nc1cccc(C(=O)Nc2c(Cl)cccc2Cl)c1Cl)C(=O)Nc1ccc(NC(=O)C(N=Nc2cccc(C(=O)Nc3c(Cl)cccc3Cl)c2Cl)C(C)=O)c(C(C)Cl)c1. The summed E-state index contributed by atoms with van der Waals surface area (Å²) in [6.45, 7) is 3.86. The highest BCUT2D eigenvalue weighted by atomic mass is 35.5. The number of Topliss-reactive ketones (excluding diaryl/α,β-unsaturated/α-hetero) is 2. The number of nitrogens with zero attached hydrogens (tertiary/aromatic N) is 4. The lowest BCUT2D eigenvalue weighted by molar-refractivity contribution is -0.127. The molecule has 0 radical (unpaired) electrons. The van der Waals surface area contributed by atoms with Gasteiger partial charge in [0, 0.05) is 11.4 Å². The molecule has 0 heterocycles. The topological polar surface area (TPSA) is 200 Å². The van der Waals surface area contributed by atoms with Crippen LogP contribution < -0.4 is 21.3 Å². The molecule has 3 atom stereocenters. The van der Waals surface area contributed by atoms with Crippen molar-refractivity contribution >= 4 is 151 Å². The van der Waals surface area contributed by atoms with Crippen molar-refractivity contribution in [3.05, 3.63) is 138 Å². The summed E-state index contributed by atoms with van der Waals surface area (Å²) in [5, 5.41) is 26.0. The molecule has 0 saturated carbocycles. The molecule has 0 bridgehead atoms. The predicted molar refractivity (Wildman–Crippen MR) is 248 cm³/mol. The minimum Gasteiger partial charge on any atom is -0.324 e. The zero-order valence-corrected chi connectivity index (χ0v) is 38.1. The third-order valence-corrected chi connectivity index (χ3v) is 11.0. The lowest BCUT2D eigenvalue weighted by atomic mass is 10.1. The van der Waals surface area contributed by atoms with Crippen molar-refractivity contribution < 1.29 is 28.8 Å². The number of nitrogens with one attached hydrogen (secondary N) is 4. The summed E-state index contributed by atoms with van der Waals surface area (Å²) in [5.74, 6) is -4.43. The first-order chi connectivity index (χ1) is 29.9. The van der Waals surface area contributed by atoms with Gasteiger partial charge in [0.25, 0.3) is 23.6 Å². The zero-order valence-electron chi connectivity index (χ0n) is 32.8. The van der Waals surface area contributed by atoms with E-state index in [0.29, 0.717) is 5.56 Å². The molecule has 0 saturated heterocycles. The summed E-state index contributed by atoms with van der Waals surface area (Å²) < 4.78 is 0. The number of carbonyl (C=O) groups excluding carboxylic acids is 6. The van der Waals surface area contributed by atoms with Gasteiger partial charge in [0.1, 0.15) is 11.4 Å². The number of alkyl halides is 1. The Morgan fingerprint density at radius 2 is 0.921 bits per heavy atom. The normalized spacial score (nSPS) is 12.7. The van der Waals surface area contributed by atoms with Crippen LogP contribution in [0.15, 0.2) is 111 Å². The number of hydrogen-bond acceptors (Lipinski definition) is 10. The molecule has 0 spiro atoms. The Kier molecular flexibility index (Phi) is 16.8. The first-order valence-corrected chi connectivity index (χ1v) is 20.9. The minimum atomic E-state index is -1.66. The van der Waals surface area contributed by atoms with Crippen LogP contribution in [0.3, 0.4) is 0 Å². The molecule has 0 aromatic heterocycles. The molecule has 4 amide bonds. The first kappa shape index (κ1) is 48.6. The van der Waals surface area contributed by atoms with Gasteiger partial charge < -0.3 is 21.3 Å². The highest BCUT2D eigenvalue weighted by Gasteiger charge is 2.27. The maximum atomic E-state index is 13.5. The molecule has 0 fully saturated rings. The molecule has 14 nitrogen and oxygen atoms in total. The number of anilines is 4. The lowest BCUT2D eigenvalue weighted by Crippen LogP contribution is -2.32. The summed E-state index contributed by atoms with van der Waals surface area (Å²) in [4.78, 5) is 78.2. The second-order valence-corrected chi connectivity index (χ2v) is 16.3. The van der Waals surface area contributed by atoms with Gasteiger partial charge >= 0.3 is 0 Å². The van der Waals surface area contributed by atoms with E-state index < -0.39 is 52.7 Å². The van der Waals surface area contributed by atoms with E-state index in [-0.39, 0.29) is 75.4 Å². The molecule has 3 unspecified atom stereocenters. The summed E-state index contributed by atoms with van der Waals surface area (Å²) in [6, 6.07) is 19.0. The van der Waals surface area contributed by atoms with Gasteiger partial charge in [0.15, 0.2) is 11.6 Å². The van der Waals surface area contributed by atoms with Gasteiger partial charge in [-0.15, -0.1) is 11.6 Å². The fourth-order valence-electron chi connectivity index (χ4n) is 5.51. The van der Waals surface area contributed by atoms with Crippen LogP contribution in [0.2, 0.25) is 30.1 Å². The maximum absolute atomic E-state index is 13.5. The predicted octanol–water partition coefficient (Wildman–Crippen LogP) is 12.8. The molecule has 5 aromatic rings. The second-order valence-electron chi connectivity index (χ2n) is 13.2. The fraction of sp³-hybridized carbons (Fsp3) is 0.143. The van der Waals surface area contributed by atoms with Crippen LogP contribution in [0, 0.1) is 0 Å². The number of ketones is 2. The molecule has 324 valence electrons. The van der Waals surface area contributed by atoms with E-state index in [4.69, 9.17) is 81.2 Å². The van der Waals surface area contributed by atoms with Crippen LogP contribution in [0.4, 0.5) is 34.1 Å². The Bertz CT molecular complexity index is 2670. The Balaban J connectivity index is 1.29. The molecule has 21 heteroatoms. The number of hydrogen-bond donors (Lipinski definition) is 4. The smallest absolute Gasteiger partial charge is 0.258 e. The van der Waals surface area contributed by atoms with Crippen molar-refractivity contribution in [2.75, 3.05) is 21.3 Å². The Hall–Kier alpha value is -5.45. The van der Waals surface area contributed by atoms with Crippen LogP contribution >= 0.6 is 81.2 Å². The van der Waals surface area contributed by atoms with Crippen LogP contribution in [-0.2, 0) is 19.2 Å². The van der Waals surface area contributed by atoms with Gasteiger partial charge in [-0.25, -0.2) is 0 Å². The lowest BCUT2D eigenvalue weighted by Gasteiger charge is -2.17. The average Bonchev–Trinajstić information content (AvgIpc) is 3.22. The highest BCUT2D eigenvalue weighted by molar-refractivity contribution is 6.42. The number of halogens is 7. The standard InChI is InChI=1S/C42H31Cl7N8O6/c1-19(43)25-18-22(50-41(62)35(20(2)58)56-54-31-14-4-8-23(33(31)48)39(60)52-37-26(44)10-6-11-27(37)45)16-17-30(25)51-42(63)36(21(3)59)57-55-32-15-5-9-24(34(32)49)40(61)53-38-28(46)12-7-13-29(38)47/h4-19,35-36H,1-3H3,(H,50,62)(H,51,63)(H,52,60)(H,53,61). The van der Waals surface area contributed by atoms with Gasteiger partial charge in [-0.2, -0.15) is 20.5 Å². The average molecular weight is 992 g/mol. The van der Waals surface area contributed by atoms with E-state index in [1.165, 1.54) is 54.6 Å². The molecule has 0 aliphatic rings. The van der Waals surface area contributed by atoms with Crippen LogP contribution in [-0.4, -0.2) is 47.3 Å². The van der Waals surface area contributed by atoms with E-state index >= 15 is 0 Å². The van der Waals surface area contributed by atoms with Crippen molar-refractivity contribution in [2.45, 2.75) is 38.2 Å². The van der Waals surface area contributed by atoms with E-state index in [1.54, 1.807) is 43.3 Å². The third kappa shape index (κ3) is 12.2. The molecule has 0 aliphatic heterocycles. The van der Waals surface area contributed by atoms with Crippen molar-refractivity contribution in [3.8, 4) is 0 Å². The quantitative estimate of drug-likeness (QED) is 0.0457. The number of para-hydroxylation sites is 2. The molecule has 4 N–H and O–H groups in total.